The number of hydrogen-bond donors (Lipinski definition) is 1. The molecule has 0 amide bonds. The summed E-state index contributed by atoms with van der Waals surface area (Å²) in [6, 6.07) is 4.95. The van der Waals surface area contributed by atoms with Crippen LogP contribution in [0.25, 0.3) is 0 Å². The second-order valence-corrected chi connectivity index (χ2v) is 5.59. The summed E-state index contributed by atoms with van der Waals surface area (Å²) in [5.41, 5.74) is 0.701. The number of rotatable bonds is 6. The van der Waals surface area contributed by atoms with E-state index in [1.807, 2.05) is 14.0 Å². The summed E-state index contributed by atoms with van der Waals surface area (Å²) < 4.78 is 19.5. The van der Waals surface area contributed by atoms with Crippen molar-refractivity contribution in [3.8, 4) is 0 Å². The summed E-state index contributed by atoms with van der Waals surface area (Å²) in [6.07, 6.45) is 3.52. The van der Waals surface area contributed by atoms with Gasteiger partial charge in [-0.15, -0.1) is 0 Å². The molecule has 0 radical (unpaired) electrons. The molecule has 2 rings (SSSR count). The first-order chi connectivity index (χ1) is 9.13. The molecule has 1 aromatic rings. The summed E-state index contributed by atoms with van der Waals surface area (Å²) in [4.78, 5) is 0. The Bertz CT molecular complexity index is 421. The van der Waals surface area contributed by atoms with Crippen molar-refractivity contribution in [2.75, 3.05) is 13.7 Å². The maximum absolute atomic E-state index is 13.9. The van der Waals surface area contributed by atoms with Crippen LogP contribution in [0.15, 0.2) is 18.2 Å². The highest BCUT2D eigenvalue weighted by Gasteiger charge is 2.32. The Hall–Kier alpha value is -0.640. The molecule has 0 heterocycles. The predicted octanol–water partition coefficient (Wildman–Crippen LogP) is 3.94. The third-order valence-electron chi connectivity index (χ3n) is 3.85. The molecule has 1 atom stereocenters. The molecule has 0 aromatic heterocycles. The summed E-state index contributed by atoms with van der Waals surface area (Å²) in [7, 11) is 1.87. The Morgan fingerprint density at radius 3 is 2.79 bits per heavy atom. The fourth-order valence-corrected chi connectivity index (χ4v) is 2.92. The Morgan fingerprint density at radius 2 is 2.21 bits per heavy atom. The third kappa shape index (κ3) is 3.68. The van der Waals surface area contributed by atoms with Crippen LogP contribution in [0.1, 0.15) is 37.8 Å². The van der Waals surface area contributed by atoms with E-state index in [1.54, 1.807) is 12.1 Å². The van der Waals surface area contributed by atoms with Gasteiger partial charge in [-0.25, -0.2) is 4.39 Å². The van der Waals surface area contributed by atoms with Crippen LogP contribution >= 0.6 is 11.6 Å². The van der Waals surface area contributed by atoms with Gasteiger partial charge in [0.25, 0.3) is 0 Å². The minimum atomic E-state index is -0.229. The van der Waals surface area contributed by atoms with Crippen molar-refractivity contribution in [2.24, 2.45) is 5.92 Å². The fraction of sp³-hybridized carbons (Fsp3) is 0.600. The van der Waals surface area contributed by atoms with Gasteiger partial charge in [0.1, 0.15) is 5.82 Å². The highest BCUT2D eigenvalue weighted by molar-refractivity contribution is 6.30. The average Bonchev–Trinajstić information content (AvgIpc) is 2.33. The van der Waals surface area contributed by atoms with Gasteiger partial charge in [-0.3, -0.25) is 0 Å². The van der Waals surface area contributed by atoms with E-state index < -0.39 is 0 Å². The van der Waals surface area contributed by atoms with Crippen molar-refractivity contribution in [1.29, 1.82) is 0 Å². The van der Waals surface area contributed by atoms with Crippen LogP contribution < -0.4 is 5.32 Å². The number of benzene rings is 1. The van der Waals surface area contributed by atoms with Crippen LogP contribution in [0.2, 0.25) is 5.02 Å². The fourth-order valence-electron chi connectivity index (χ4n) is 2.76. The molecule has 1 fully saturated rings. The highest BCUT2D eigenvalue weighted by atomic mass is 35.5. The first kappa shape index (κ1) is 14.8. The summed E-state index contributed by atoms with van der Waals surface area (Å²) in [6.45, 7) is 2.80. The smallest absolute Gasteiger partial charge is 0.129 e. The number of ether oxygens (including phenoxy) is 1. The van der Waals surface area contributed by atoms with Gasteiger partial charge in [0.2, 0.25) is 0 Å². The molecule has 1 aromatic carbocycles. The van der Waals surface area contributed by atoms with E-state index in [0.717, 1.165) is 25.9 Å². The predicted molar refractivity (Wildman–Crippen MR) is 76.0 cm³/mol. The lowest BCUT2D eigenvalue weighted by molar-refractivity contribution is -0.0290. The van der Waals surface area contributed by atoms with Gasteiger partial charge in [0.15, 0.2) is 0 Å². The molecule has 1 unspecified atom stereocenters. The lowest BCUT2D eigenvalue weighted by Gasteiger charge is -2.37. The maximum Gasteiger partial charge on any atom is 0.129 e. The van der Waals surface area contributed by atoms with Crippen molar-refractivity contribution >= 4 is 11.6 Å². The minimum Gasteiger partial charge on any atom is -0.378 e. The van der Waals surface area contributed by atoms with Crippen molar-refractivity contribution < 1.29 is 9.13 Å². The van der Waals surface area contributed by atoms with E-state index in [0.29, 0.717) is 22.6 Å². The number of halogens is 2. The maximum atomic E-state index is 13.9. The van der Waals surface area contributed by atoms with Crippen molar-refractivity contribution in [1.82, 2.24) is 5.32 Å². The molecule has 1 aliphatic rings. The van der Waals surface area contributed by atoms with Crippen molar-refractivity contribution in [3.63, 3.8) is 0 Å². The average molecular weight is 286 g/mol. The van der Waals surface area contributed by atoms with E-state index in [1.165, 1.54) is 6.07 Å². The van der Waals surface area contributed by atoms with Crippen LogP contribution in [-0.2, 0) is 4.74 Å². The second kappa shape index (κ2) is 6.69. The third-order valence-corrected chi connectivity index (χ3v) is 4.09. The lowest BCUT2D eigenvalue weighted by Crippen LogP contribution is -2.34. The Kier molecular flexibility index (Phi) is 5.20. The molecular formula is C15H21ClFNO. The summed E-state index contributed by atoms with van der Waals surface area (Å²) in [5.74, 6) is 0.386. The normalized spacial score (nSPS) is 24.0. The Morgan fingerprint density at radius 1 is 1.47 bits per heavy atom. The lowest BCUT2D eigenvalue weighted by atomic mass is 9.77. The molecular weight excluding hydrogens is 265 g/mol. The SMILES string of the molecule is CCOC1CC(CC(NC)c2ccc(Cl)cc2F)C1. The quantitative estimate of drug-likeness (QED) is 0.855. The molecule has 2 nitrogen and oxygen atoms in total. The molecule has 1 aliphatic carbocycles. The number of hydrogen-bond acceptors (Lipinski definition) is 2. The number of nitrogens with one attached hydrogen (secondary N) is 1. The van der Waals surface area contributed by atoms with Gasteiger partial charge in [0, 0.05) is 23.2 Å². The van der Waals surface area contributed by atoms with E-state index in [9.17, 15) is 4.39 Å². The van der Waals surface area contributed by atoms with Gasteiger partial charge in [-0.05, 0) is 51.3 Å². The summed E-state index contributed by atoms with van der Waals surface area (Å²) in [5, 5.41) is 3.64. The van der Waals surface area contributed by atoms with Gasteiger partial charge in [-0.1, -0.05) is 17.7 Å². The molecule has 19 heavy (non-hydrogen) atoms. The van der Waals surface area contributed by atoms with Gasteiger partial charge in [0.05, 0.1) is 6.10 Å². The topological polar surface area (TPSA) is 21.3 Å². The van der Waals surface area contributed by atoms with E-state index in [4.69, 9.17) is 16.3 Å². The largest absolute Gasteiger partial charge is 0.378 e. The molecule has 1 saturated carbocycles. The molecule has 1 N–H and O–H groups in total. The first-order valence-electron chi connectivity index (χ1n) is 6.87. The first-order valence-corrected chi connectivity index (χ1v) is 7.25. The van der Waals surface area contributed by atoms with Crippen molar-refractivity contribution in [3.05, 3.63) is 34.6 Å². The van der Waals surface area contributed by atoms with Crippen LogP contribution in [0, 0.1) is 11.7 Å². The zero-order valence-corrected chi connectivity index (χ0v) is 12.2. The van der Waals surface area contributed by atoms with Crippen LogP contribution in [-0.4, -0.2) is 19.8 Å². The van der Waals surface area contributed by atoms with Crippen molar-refractivity contribution in [2.45, 2.75) is 38.3 Å². The van der Waals surface area contributed by atoms with Crippen LogP contribution in [0.5, 0.6) is 0 Å². The minimum absolute atomic E-state index is 0.0462. The van der Waals surface area contributed by atoms with Gasteiger partial charge < -0.3 is 10.1 Å². The van der Waals surface area contributed by atoms with Crippen LogP contribution in [0.3, 0.4) is 0 Å². The monoisotopic (exact) mass is 285 g/mol. The van der Waals surface area contributed by atoms with E-state index in [2.05, 4.69) is 5.32 Å². The van der Waals surface area contributed by atoms with Gasteiger partial charge in [-0.2, -0.15) is 0 Å². The van der Waals surface area contributed by atoms with E-state index >= 15 is 0 Å². The molecule has 4 heteroatoms. The standard InChI is InChI=1S/C15H21ClFNO/c1-3-19-12-6-10(7-12)8-15(18-2)13-5-4-11(16)9-14(13)17/h4-5,9-10,12,15,18H,3,6-8H2,1-2H3. The second-order valence-electron chi connectivity index (χ2n) is 5.16. The molecule has 0 aliphatic heterocycles. The molecule has 0 bridgehead atoms. The molecule has 0 saturated heterocycles. The van der Waals surface area contributed by atoms with Gasteiger partial charge >= 0.3 is 0 Å². The zero-order chi connectivity index (χ0) is 13.8. The molecule has 0 spiro atoms. The summed E-state index contributed by atoms with van der Waals surface area (Å²) >= 11 is 5.79. The van der Waals surface area contributed by atoms with E-state index in [-0.39, 0.29) is 11.9 Å². The Balaban J connectivity index is 1.94. The van der Waals surface area contributed by atoms with Crippen LogP contribution in [0.4, 0.5) is 4.39 Å². The highest BCUT2D eigenvalue weighted by Crippen LogP contribution is 2.37. The Labute approximate surface area is 119 Å². The zero-order valence-electron chi connectivity index (χ0n) is 11.5. The molecule has 106 valence electrons.